The summed E-state index contributed by atoms with van der Waals surface area (Å²) in [7, 11) is -1.08. The Balaban J connectivity index is 1.28. The van der Waals surface area contributed by atoms with E-state index in [1.165, 1.54) is 6.07 Å². The monoisotopic (exact) mass is 696 g/mol. The van der Waals surface area contributed by atoms with Crippen molar-refractivity contribution in [1.82, 2.24) is 18.8 Å². The van der Waals surface area contributed by atoms with Gasteiger partial charge in [-0.1, -0.05) is 25.3 Å². The van der Waals surface area contributed by atoms with Gasteiger partial charge in [-0.3, -0.25) is 19.1 Å². The maximum Gasteiger partial charge on any atom is 0.390 e. The molecular formula is C35H35F3N4O6S. The Hall–Kier alpha value is -4.46. The van der Waals surface area contributed by atoms with Gasteiger partial charge in [0, 0.05) is 41.5 Å². The van der Waals surface area contributed by atoms with Gasteiger partial charge in [0.15, 0.2) is 0 Å². The SMILES string of the molecule is COc1ccc2c(c1)C1CC1(C(=O)N1C=c3oc(n3C)=C1)Cn1c-2c(C2CCCCC2)c2ccc(C(=O)NS(=O)(=O)CCC(F)(F)F)cc21. The Kier molecular flexibility index (Phi) is 7.15. The lowest BCUT2D eigenvalue weighted by Gasteiger charge is -2.26. The van der Waals surface area contributed by atoms with E-state index in [1.54, 1.807) is 36.5 Å². The molecule has 0 radical (unpaired) electrons. The third kappa shape index (κ3) is 5.26. The molecule has 1 N–H and O–H groups in total. The van der Waals surface area contributed by atoms with E-state index in [0.29, 0.717) is 35.3 Å². The number of halogens is 3. The number of aromatic nitrogens is 2. The fraction of sp³-hybridized carbons (Fsp3) is 0.429. The minimum Gasteiger partial charge on any atom is -0.497 e. The Bertz CT molecular complexity index is 2250. The number of hydrogen-bond donors (Lipinski definition) is 1. The molecule has 2 unspecified atom stereocenters. The van der Waals surface area contributed by atoms with Crippen molar-refractivity contribution in [3.05, 3.63) is 64.2 Å². The van der Waals surface area contributed by atoms with Crippen LogP contribution in [-0.4, -0.2) is 53.3 Å². The number of sulfonamides is 1. The maximum absolute atomic E-state index is 14.5. The van der Waals surface area contributed by atoms with Crippen LogP contribution in [0.3, 0.4) is 0 Å². The second-order valence-corrected chi connectivity index (χ2v) is 15.5. The fourth-order valence-electron chi connectivity index (χ4n) is 8.11. The summed E-state index contributed by atoms with van der Waals surface area (Å²) in [5, 5.41) is 0.903. The van der Waals surface area contributed by atoms with E-state index in [9.17, 15) is 31.2 Å². The number of amides is 2. The number of benzene rings is 2. The lowest BCUT2D eigenvalue weighted by Crippen LogP contribution is -2.48. The zero-order valence-electron chi connectivity index (χ0n) is 27.0. The minimum absolute atomic E-state index is 0.00345. The Morgan fingerprint density at radius 1 is 1.06 bits per heavy atom. The molecule has 3 aliphatic heterocycles. The smallest absolute Gasteiger partial charge is 0.390 e. The highest BCUT2D eigenvalue weighted by molar-refractivity contribution is 7.90. The van der Waals surface area contributed by atoms with Crippen molar-refractivity contribution in [2.24, 2.45) is 12.5 Å². The topological polar surface area (TPSA) is 116 Å². The molecule has 2 bridgehead atoms. The summed E-state index contributed by atoms with van der Waals surface area (Å²) in [5.41, 5.74) is 5.06. The van der Waals surface area contributed by atoms with Crippen LogP contribution in [0.5, 0.6) is 5.75 Å². The van der Waals surface area contributed by atoms with Crippen molar-refractivity contribution in [2.75, 3.05) is 12.9 Å². The van der Waals surface area contributed by atoms with Gasteiger partial charge in [-0.15, -0.1) is 0 Å². The van der Waals surface area contributed by atoms with Crippen LogP contribution >= 0.6 is 0 Å². The van der Waals surface area contributed by atoms with Crippen LogP contribution in [0.15, 0.2) is 40.8 Å². The molecule has 10 nitrogen and oxygen atoms in total. The predicted molar refractivity (Wildman–Crippen MR) is 174 cm³/mol. The van der Waals surface area contributed by atoms with Crippen molar-refractivity contribution in [2.45, 2.75) is 69.5 Å². The summed E-state index contributed by atoms with van der Waals surface area (Å²) >= 11 is 0. The van der Waals surface area contributed by atoms with E-state index < -0.39 is 39.7 Å². The number of methoxy groups -OCH3 is 1. The molecular weight excluding hydrogens is 661 g/mol. The molecule has 49 heavy (non-hydrogen) atoms. The Labute approximate surface area is 279 Å². The van der Waals surface area contributed by atoms with E-state index in [4.69, 9.17) is 9.15 Å². The summed E-state index contributed by atoms with van der Waals surface area (Å²) in [5.74, 6) is -1.56. The van der Waals surface area contributed by atoms with Crippen LogP contribution in [0.1, 0.15) is 78.3 Å². The third-order valence-electron chi connectivity index (χ3n) is 10.7. The molecule has 0 saturated heterocycles. The molecule has 0 spiro atoms. The van der Waals surface area contributed by atoms with Crippen LogP contribution in [0, 0.1) is 5.41 Å². The van der Waals surface area contributed by atoms with Crippen LogP contribution in [0.4, 0.5) is 13.2 Å². The van der Waals surface area contributed by atoms with Gasteiger partial charge in [-0.05, 0) is 66.6 Å². The number of nitrogens with one attached hydrogen (secondary N) is 1. The standard InChI is InChI=1S/C35H35F3N4O6S/c1-40-28-17-41(18-29(40)48-28)33(44)34-16-26(34)25-15-22(47-2)9-11-23(25)31-30(20-6-4-3-5-7-20)24-10-8-21(14-27(24)42(31)19-34)32(43)39-49(45,46)13-12-35(36,37)38/h8-11,14-15,17-18,20,26H,3-7,12-13,16,19H2,1-2H3,(H,39,43). The van der Waals surface area contributed by atoms with Crippen LogP contribution < -0.4 is 20.6 Å². The van der Waals surface area contributed by atoms with E-state index >= 15 is 0 Å². The molecule has 2 fully saturated rings. The Morgan fingerprint density at radius 3 is 2.47 bits per heavy atom. The lowest BCUT2D eigenvalue weighted by atomic mass is 9.81. The van der Waals surface area contributed by atoms with Crippen LogP contribution in [0.25, 0.3) is 34.6 Å². The second kappa shape index (κ2) is 11.0. The first kappa shape index (κ1) is 31.8. The maximum atomic E-state index is 14.5. The van der Waals surface area contributed by atoms with Gasteiger partial charge < -0.3 is 13.7 Å². The van der Waals surface area contributed by atoms with Crippen LogP contribution in [0.2, 0.25) is 0 Å². The zero-order valence-corrected chi connectivity index (χ0v) is 27.8. The molecule has 2 amide bonds. The van der Waals surface area contributed by atoms with Crippen molar-refractivity contribution in [3.63, 3.8) is 0 Å². The highest BCUT2D eigenvalue weighted by atomic mass is 32.2. The largest absolute Gasteiger partial charge is 0.497 e. The normalized spacial score (nSPS) is 21.6. The molecule has 14 heteroatoms. The summed E-state index contributed by atoms with van der Waals surface area (Å²) in [4.78, 5) is 29.4. The van der Waals surface area contributed by atoms with E-state index in [2.05, 4.69) is 4.57 Å². The highest BCUT2D eigenvalue weighted by Crippen LogP contribution is 2.66. The minimum atomic E-state index is -4.69. The molecule has 9 rings (SSSR count). The number of carbonyl (C=O) groups excluding carboxylic acids is 2. The van der Waals surface area contributed by atoms with Crippen molar-refractivity contribution in [1.29, 1.82) is 0 Å². The third-order valence-corrected chi connectivity index (χ3v) is 12.0. The Morgan fingerprint density at radius 2 is 1.80 bits per heavy atom. The van der Waals surface area contributed by atoms with Crippen molar-refractivity contribution in [3.8, 4) is 17.0 Å². The van der Waals surface area contributed by atoms with Gasteiger partial charge in [0.25, 0.3) is 5.91 Å². The second-order valence-electron chi connectivity index (χ2n) is 13.7. The molecule has 2 atom stereocenters. The summed E-state index contributed by atoms with van der Waals surface area (Å²) in [6, 6.07) is 10.9. The molecule has 258 valence electrons. The average molecular weight is 697 g/mol. The van der Waals surface area contributed by atoms with Gasteiger partial charge in [0.1, 0.15) is 5.75 Å². The number of hydrogen-bond acceptors (Lipinski definition) is 6. The number of ether oxygens (including phenoxy) is 1. The predicted octanol–water partition coefficient (Wildman–Crippen LogP) is 4.81. The average Bonchev–Trinajstić information content (AvgIpc) is 3.76. The molecule has 5 aliphatic rings. The number of carbonyl (C=O) groups is 2. The molecule has 2 aromatic carbocycles. The molecule has 2 aromatic heterocycles. The van der Waals surface area contributed by atoms with Gasteiger partial charge in [-0.25, -0.2) is 13.1 Å². The first-order valence-electron chi connectivity index (χ1n) is 16.4. The molecule has 4 aromatic rings. The first-order valence-corrected chi connectivity index (χ1v) is 18.1. The lowest BCUT2D eigenvalue weighted by molar-refractivity contribution is -0.131. The highest BCUT2D eigenvalue weighted by Gasteiger charge is 2.64. The quantitative estimate of drug-likeness (QED) is 0.297. The molecule has 2 saturated carbocycles. The van der Waals surface area contributed by atoms with E-state index in [1.807, 2.05) is 34.5 Å². The number of rotatable bonds is 7. The van der Waals surface area contributed by atoms with E-state index in [0.717, 1.165) is 59.9 Å². The van der Waals surface area contributed by atoms with Crippen molar-refractivity contribution < 1.29 is 40.3 Å². The van der Waals surface area contributed by atoms with Crippen LogP contribution in [-0.2, 0) is 28.4 Å². The van der Waals surface area contributed by atoms with Gasteiger partial charge in [0.05, 0.1) is 42.8 Å². The summed E-state index contributed by atoms with van der Waals surface area (Å²) < 4.78 is 80.2. The number of fused-ring (bicyclic) bond motifs is 9. The molecule has 2 aliphatic carbocycles. The summed E-state index contributed by atoms with van der Waals surface area (Å²) in [6.07, 6.45) is 2.94. The van der Waals surface area contributed by atoms with Gasteiger partial charge in [-0.2, -0.15) is 13.2 Å². The van der Waals surface area contributed by atoms with Crippen molar-refractivity contribution >= 4 is 45.1 Å². The van der Waals surface area contributed by atoms with Gasteiger partial charge in [0.2, 0.25) is 27.0 Å². The number of alkyl halides is 3. The fourth-order valence-corrected chi connectivity index (χ4v) is 9.12. The molecule has 5 heterocycles. The van der Waals surface area contributed by atoms with E-state index in [-0.39, 0.29) is 23.3 Å². The first-order chi connectivity index (χ1) is 23.3. The number of nitrogens with zero attached hydrogens (tertiary/aromatic N) is 3. The zero-order chi connectivity index (χ0) is 34.5. The summed E-state index contributed by atoms with van der Waals surface area (Å²) in [6.45, 7) is 0.306. The van der Waals surface area contributed by atoms with Gasteiger partial charge >= 0.3 is 6.18 Å².